The first-order valence-electron chi connectivity index (χ1n) is 7.37. The molecule has 0 amide bonds. The number of aryl methyl sites for hydroxylation is 1. The Labute approximate surface area is 117 Å². The lowest BCUT2D eigenvalue weighted by molar-refractivity contribution is 0.228. The first-order valence-corrected chi connectivity index (χ1v) is 7.37. The fraction of sp³-hybridized carbons (Fsp3) is 0.688. The molecule has 0 aliphatic carbocycles. The van der Waals surface area contributed by atoms with Crippen LogP contribution in [0.25, 0.3) is 0 Å². The number of hydrogen-bond acceptors (Lipinski definition) is 3. The van der Waals surface area contributed by atoms with Gasteiger partial charge in [-0.05, 0) is 49.4 Å². The van der Waals surface area contributed by atoms with Crippen LogP contribution in [0.1, 0.15) is 43.9 Å². The lowest BCUT2D eigenvalue weighted by atomic mass is 10.0. The molecule has 0 bridgehead atoms. The number of rotatable bonds is 4. The highest BCUT2D eigenvalue weighted by Crippen LogP contribution is 2.33. The van der Waals surface area contributed by atoms with E-state index in [9.17, 15) is 0 Å². The lowest BCUT2D eigenvalue weighted by Gasteiger charge is -2.27. The molecule has 1 aliphatic rings. The van der Waals surface area contributed by atoms with Crippen molar-refractivity contribution in [3.63, 3.8) is 0 Å². The van der Waals surface area contributed by atoms with Crippen LogP contribution >= 0.6 is 0 Å². The van der Waals surface area contributed by atoms with E-state index in [-0.39, 0.29) is 0 Å². The molecule has 3 heteroatoms. The summed E-state index contributed by atoms with van der Waals surface area (Å²) in [7, 11) is 4.10. The van der Waals surface area contributed by atoms with Gasteiger partial charge < -0.3 is 4.90 Å². The van der Waals surface area contributed by atoms with Crippen LogP contribution in [0.4, 0.5) is 5.82 Å². The van der Waals surface area contributed by atoms with Crippen molar-refractivity contribution in [1.82, 2.24) is 9.88 Å². The normalized spacial score (nSPS) is 20.2. The van der Waals surface area contributed by atoms with Gasteiger partial charge in [-0.1, -0.05) is 13.8 Å². The third-order valence-electron chi connectivity index (χ3n) is 3.84. The van der Waals surface area contributed by atoms with Crippen LogP contribution < -0.4 is 4.90 Å². The Hall–Kier alpha value is -1.09. The molecule has 1 fully saturated rings. The number of anilines is 1. The molecule has 1 atom stereocenters. The zero-order valence-electron chi connectivity index (χ0n) is 13.0. The second-order valence-corrected chi connectivity index (χ2v) is 6.35. The van der Waals surface area contributed by atoms with Crippen molar-refractivity contribution in [2.45, 2.75) is 39.7 Å². The largest absolute Gasteiger partial charge is 0.363 e. The van der Waals surface area contributed by atoms with Crippen LogP contribution in [0, 0.1) is 12.8 Å². The Bertz CT molecular complexity index is 426. The molecular weight excluding hydrogens is 234 g/mol. The summed E-state index contributed by atoms with van der Waals surface area (Å²) in [6, 6.07) is 2.90. The molecule has 106 valence electrons. The van der Waals surface area contributed by atoms with Crippen molar-refractivity contribution < 1.29 is 0 Å². The van der Waals surface area contributed by atoms with Gasteiger partial charge in [0.15, 0.2) is 0 Å². The van der Waals surface area contributed by atoms with Crippen molar-refractivity contribution in [2.75, 3.05) is 32.1 Å². The number of aromatic nitrogens is 1. The maximum Gasteiger partial charge on any atom is 0.130 e. The maximum atomic E-state index is 4.64. The monoisotopic (exact) mass is 261 g/mol. The molecule has 0 aromatic carbocycles. The molecule has 0 spiro atoms. The molecule has 1 aromatic heterocycles. The lowest BCUT2D eigenvalue weighted by Crippen LogP contribution is -2.27. The van der Waals surface area contributed by atoms with Crippen molar-refractivity contribution >= 4 is 5.82 Å². The zero-order chi connectivity index (χ0) is 14.0. The molecule has 0 radical (unpaired) electrons. The predicted molar refractivity (Wildman–Crippen MR) is 81.7 cm³/mol. The molecule has 2 rings (SSSR count). The third-order valence-corrected chi connectivity index (χ3v) is 3.84. The van der Waals surface area contributed by atoms with Gasteiger partial charge in [0.25, 0.3) is 0 Å². The highest BCUT2D eigenvalue weighted by Gasteiger charge is 2.26. The fourth-order valence-corrected chi connectivity index (χ4v) is 3.13. The fourth-order valence-electron chi connectivity index (χ4n) is 3.13. The van der Waals surface area contributed by atoms with Gasteiger partial charge in [-0.15, -0.1) is 0 Å². The molecule has 1 aliphatic heterocycles. The number of hydrogen-bond donors (Lipinski definition) is 0. The Morgan fingerprint density at radius 2 is 2.16 bits per heavy atom. The standard InChI is InChI=1S/C16H27N3/c1-12(2)11-19-8-6-7-15(19)14-9-13(3)16(17-10-14)18(4)5/h9-10,12,15H,6-8,11H2,1-5H3/t15-/m1/s1. The highest BCUT2D eigenvalue weighted by molar-refractivity contribution is 5.46. The van der Waals surface area contributed by atoms with E-state index in [4.69, 9.17) is 0 Å². The predicted octanol–water partition coefficient (Wildman–Crippen LogP) is 3.25. The minimum Gasteiger partial charge on any atom is -0.363 e. The topological polar surface area (TPSA) is 19.4 Å². The van der Waals surface area contributed by atoms with E-state index in [0.717, 1.165) is 11.7 Å². The van der Waals surface area contributed by atoms with E-state index in [1.165, 1.54) is 37.1 Å². The molecule has 1 aromatic rings. The summed E-state index contributed by atoms with van der Waals surface area (Å²) in [6.07, 6.45) is 4.66. The van der Waals surface area contributed by atoms with Gasteiger partial charge in [0.1, 0.15) is 5.82 Å². The van der Waals surface area contributed by atoms with Crippen LogP contribution in [0.2, 0.25) is 0 Å². The first-order chi connectivity index (χ1) is 8.99. The van der Waals surface area contributed by atoms with E-state index < -0.39 is 0 Å². The number of pyridine rings is 1. The second-order valence-electron chi connectivity index (χ2n) is 6.35. The average Bonchev–Trinajstić information content (AvgIpc) is 2.75. The van der Waals surface area contributed by atoms with Crippen LogP contribution in [-0.2, 0) is 0 Å². The van der Waals surface area contributed by atoms with Crippen molar-refractivity contribution in [3.8, 4) is 0 Å². The zero-order valence-corrected chi connectivity index (χ0v) is 13.0. The molecule has 0 unspecified atom stereocenters. The molecular formula is C16H27N3. The molecule has 0 N–H and O–H groups in total. The summed E-state index contributed by atoms with van der Waals surface area (Å²) in [5, 5.41) is 0. The quantitative estimate of drug-likeness (QED) is 0.829. The number of nitrogens with zero attached hydrogens (tertiary/aromatic N) is 3. The Morgan fingerprint density at radius 1 is 1.42 bits per heavy atom. The van der Waals surface area contributed by atoms with Crippen LogP contribution in [0.3, 0.4) is 0 Å². The third kappa shape index (κ3) is 3.27. The van der Waals surface area contributed by atoms with Gasteiger partial charge in [0, 0.05) is 32.9 Å². The summed E-state index contributed by atoms with van der Waals surface area (Å²) < 4.78 is 0. The molecule has 3 nitrogen and oxygen atoms in total. The average molecular weight is 261 g/mol. The summed E-state index contributed by atoms with van der Waals surface area (Å²) in [5.41, 5.74) is 2.67. The van der Waals surface area contributed by atoms with Crippen LogP contribution in [-0.4, -0.2) is 37.1 Å². The summed E-state index contributed by atoms with van der Waals surface area (Å²) in [4.78, 5) is 9.34. The van der Waals surface area contributed by atoms with Gasteiger partial charge >= 0.3 is 0 Å². The molecule has 0 saturated carbocycles. The van der Waals surface area contributed by atoms with E-state index in [2.05, 4.69) is 61.9 Å². The van der Waals surface area contributed by atoms with Gasteiger partial charge in [0.2, 0.25) is 0 Å². The molecule has 2 heterocycles. The van der Waals surface area contributed by atoms with Crippen LogP contribution in [0.5, 0.6) is 0 Å². The van der Waals surface area contributed by atoms with Crippen LogP contribution in [0.15, 0.2) is 12.3 Å². The summed E-state index contributed by atoms with van der Waals surface area (Å²) in [6.45, 7) is 9.19. The number of likely N-dealkylation sites (tertiary alicyclic amines) is 1. The van der Waals surface area contributed by atoms with Crippen molar-refractivity contribution in [1.29, 1.82) is 0 Å². The SMILES string of the molecule is Cc1cc([C@H]2CCCN2CC(C)C)cnc1N(C)C. The Morgan fingerprint density at radius 3 is 2.74 bits per heavy atom. The molecule has 1 saturated heterocycles. The second kappa shape index (κ2) is 5.91. The first kappa shape index (κ1) is 14.3. The minimum absolute atomic E-state index is 0.574. The van der Waals surface area contributed by atoms with E-state index in [1.54, 1.807) is 0 Å². The Balaban J connectivity index is 2.19. The molecule has 19 heavy (non-hydrogen) atoms. The van der Waals surface area contributed by atoms with Gasteiger partial charge in [-0.25, -0.2) is 4.98 Å². The van der Waals surface area contributed by atoms with Gasteiger partial charge in [0.05, 0.1) is 0 Å². The van der Waals surface area contributed by atoms with Gasteiger partial charge in [-0.2, -0.15) is 0 Å². The van der Waals surface area contributed by atoms with E-state index >= 15 is 0 Å². The van der Waals surface area contributed by atoms with Gasteiger partial charge in [-0.3, -0.25) is 4.90 Å². The minimum atomic E-state index is 0.574. The summed E-state index contributed by atoms with van der Waals surface area (Å²) >= 11 is 0. The van der Waals surface area contributed by atoms with Crippen molar-refractivity contribution in [2.24, 2.45) is 5.92 Å². The van der Waals surface area contributed by atoms with Crippen molar-refractivity contribution in [3.05, 3.63) is 23.4 Å². The summed E-state index contributed by atoms with van der Waals surface area (Å²) in [5.74, 6) is 1.81. The van der Waals surface area contributed by atoms with E-state index in [1.807, 2.05) is 0 Å². The Kier molecular flexibility index (Phi) is 4.46. The highest BCUT2D eigenvalue weighted by atomic mass is 15.2. The van der Waals surface area contributed by atoms with E-state index in [0.29, 0.717) is 6.04 Å². The maximum absolute atomic E-state index is 4.64. The smallest absolute Gasteiger partial charge is 0.130 e.